The number of benzene rings is 2. The van der Waals surface area contributed by atoms with Crippen molar-refractivity contribution in [2.75, 3.05) is 57.9 Å². The molecule has 4 aromatic rings. The number of carboxylic acid groups (broad SMARTS) is 1. The summed E-state index contributed by atoms with van der Waals surface area (Å²) in [6, 6.07) is 5.49. The van der Waals surface area contributed by atoms with E-state index >= 15 is 8.78 Å². The molecule has 3 saturated heterocycles. The Morgan fingerprint density at radius 1 is 0.835 bits per heavy atom. The number of methoxy groups -OCH3 is 1. The average molecular weight is 1130 g/mol. The molecule has 0 aliphatic carbocycles. The van der Waals surface area contributed by atoms with Gasteiger partial charge in [-0.1, -0.05) is 24.0 Å². The Morgan fingerprint density at radius 2 is 1.42 bits per heavy atom. The van der Waals surface area contributed by atoms with Crippen molar-refractivity contribution in [2.45, 2.75) is 89.8 Å². The van der Waals surface area contributed by atoms with Gasteiger partial charge in [0.1, 0.15) is 29.5 Å². The first-order valence-corrected chi connectivity index (χ1v) is 24.4. The summed E-state index contributed by atoms with van der Waals surface area (Å²) in [4.78, 5) is 61.2. The van der Waals surface area contributed by atoms with Crippen LogP contribution >= 0.6 is 0 Å². The van der Waals surface area contributed by atoms with E-state index in [9.17, 15) is 64.5 Å². The molecule has 0 bridgehead atoms. The molecule has 4 amide bonds. The van der Waals surface area contributed by atoms with Gasteiger partial charge in [0.15, 0.2) is 0 Å². The van der Waals surface area contributed by atoms with Crippen molar-refractivity contribution in [1.82, 2.24) is 46.0 Å². The lowest BCUT2D eigenvalue weighted by Crippen LogP contribution is -2.75. The van der Waals surface area contributed by atoms with Crippen molar-refractivity contribution in [2.24, 2.45) is 16.2 Å². The van der Waals surface area contributed by atoms with Crippen LogP contribution in [0.4, 0.5) is 59.3 Å². The number of rotatable bonds is 19. The molecule has 79 heavy (non-hydrogen) atoms. The van der Waals surface area contributed by atoms with E-state index < -0.39 is 115 Å². The van der Waals surface area contributed by atoms with Gasteiger partial charge < -0.3 is 40.5 Å². The smallest absolute Gasteiger partial charge is 0.407 e. The maximum absolute atomic E-state index is 16.0. The Kier molecular flexibility index (Phi) is 17.5. The summed E-state index contributed by atoms with van der Waals surface area (Å²) < 4.78 is 155. The molecule has 5 heterocycles. The van der Waals surface area contributed by atoms with Crippen molar-refractivity contribution in [3.05, 3.63) is 101 Å². The second-order valence-electron chi connectivity index (χ2n) is 20.8. The SMILES string of the molecule is COC(=O)N[C@H](C(=O)N[C@@H](Cc1ccc(C#Cc2ccc(N3CC4(C3)CN(C3COC3)C4)nc2)cc1)[C@@H](O)CN(Cc1c(F)cc(-c2ccn(C(F)F)n2)cc1F)NC(=O)[C@@H](NC(=O)O)C(C)(C)C(F)(F)F)C(C)(C)C(F)(F)F. The third-order valence-electron chi connectivity index (χ3n) is 14.3. The number of alkyl halides is 8. The molecular weight excluding hydrogens is 1070 g/mol. The highest BCUT2D eigenvalue weighted by molar-refractivity contribution is 5.87. The average Bonchev–Trinajstić information content (AvgIpc) is 3.98. The number of carbonyl (C=O) groups excluding carboxylic acids is 3. The number of nitrogens with one attached hydrogen (secondary N) is 4. The van der Waals surface area contributed by atoms with E-state index in [1.807, 2.05) is 22.9 Å². The molecule has 2 aromatic heterocycles. The third kappa shape index (κ3) is 13.6. The van der Waals surface area contributed by atoms with E-state index in [1.165, 1.54) is 29.6 Å². The van der Waals surface area contributed by atoms with Crippen LogP contribution in [-0.2, 0) is 32.0 Å². The lowest BCUT2D eigenvalue weighted by atomic mass is 9.72. The van der Waals surface area contributed by atoms with Crippen LogP contribution in [0.25, 0.3) is 11.3 Å². The number of hydrazine groups is 1. The number of aliphatic hydroxyl groups is 1. The molecular formula is C51H56F10N10O8. The molecule has 0 saturated carbocycles. The number of amides is 4. The minimum Gasteiger partial charge on any atom is -0.465 e. The van der Waals surface area contributed by atoms with Crippen molar-refractivity contribution in [3.8, 4) is 23.1 Å². The number of ether oxygens (including phenoxy) is 2. The fraction of sp³-hybridized carbons (Fsp3) is 0.490. The predicted octanol–water partition coefficient (Wildman–Crippen LogP) is 6.00. The van der Waals surface area contributed by atoms with Crippen LogP contribution in [0.5, 0.6) is 0 Å². The fourth-order valence-corrected chi connectivity index (χ4v) is 9.14. The zero-order chi connectivity index (χ0) is 58.0. The van der Waals surface area contributed by atoms with Gasteiger partial charge in [-0.3, -0.25) is 19.9 Å². The molecule has 6 N–H and O–H groups in total. The third-order valence-corrected chi connectivity index (χ3v) is 14.3. The summed E-state index contributed by atoms with van der Waals surface area (Å²) in [7, 11) is 0.810. The number of carbonyl (C=O) groups is 4. The van der Waals surface area contributed by atoms with Crippen molar-refractivity contribution in [3.63, 3.8) is 0 Å². The summed E-state index contributed by atoms with van der Waals surface area (Å²) in [5, 5.41) is 31.0. The van der Waals surface area contributed by atoms with Gasteiger partial charge in [-0.2, -0.15) is 40.2 Å². The Hall–Kier alpha value is -7.22. The number of hydrogen-bond donors (Lipinski definition) is 6. The molecule has 28 heteroatoms. The molecule has 18 nitrogen and oxygen atoms in total. The van der Waals surface area contributed by atoms with Crippen LogP contribution in [0, 0.1) is 39.7 Å². The first-order chi connectivity index (χ1) is 36.9. The number of likely N-dealkylation sites (tertiary alicyclic amines) is 1. The van der Waals surface area contributed by atoms with Gasteiger partial charge in [0.2, 0.25) is 5.91 Å². The molecule has 4 atom stereocenters. The number of aliphatic hydroxyl groups excluding tert-OH is 1. The second-order valence-corrected chi connectivity index (χ2v) is 20.8. The Bertz CT molecular complexity index is 2890. The Morgan fingerprint density at radius 3 is 1.92 bits per heavy atom. The number of pyridine rings is 1. The number of nitrogens with zero attached hydrogens (tertiary/aromatic N) is 6. The van der Waals surface area contributed by atoms with Crippen LogP contribution in [-0.4, -0.2) is 155 Å². The molecule has 3 fully saturated rings. The number of hydrogen-bond acceptors (Lipinski definition) is 12. The molecule has 7 rings (SSSR count). The first-order valence-electron chi connectivity index (χ1n) is 24.4. The fourth-order valence-electron chi connectivity index (χ4n) is 9.14. The van der Waals surface area contributed by atoms with Crippen molar-refractivity contribution in [1.29, 1.82) is 0 Å². The minimum absolute atomic E-state index is 0.187. The van der Waals surface area contributed by atoms with Crippen LogP contribution in [0.2, 0.25) is 0 Å². The summed E-state index contributed by atoms with van der Waals surface area (Å²) in [6.45, 7) is 1.95. The highest BCUT2D eigenvalue weighted by atomic mass is 19.4. The van der Waals surface area contributed by atoms with Gasteiger partial charge in [0, 0.05) is 79.3 Å². The first kappa shape index (κ1) is 59.4. The van der Waals surface area contributed by atoms with E-state index in [0.29, 0.717) is 62.0 Å². The summed E-state index contributed by atoms with van der Waals surface area (Å²) >= 11 is 0. The maximum atomic E-state index is 16.0. The quantitative estimate of drug-likeness (QED) is 0.0362. The zero-order valence-electron chi connectivity index (χ0n) is 43.0. The molecule has 0 radical (unpaired) electrons. The second kappa shape index (κ2) is 23.2. The van der Waals surface area contributed by atoms with Gasteiger partial charge in [-0.05, 0) is 82.1 Å². The normalized spacial score (nSPS) is 17.3. The van der Waals surface area contributed by atoms with Gasteiger partial charge in [0.25, 0.3) is 5.91 Å². The highest BCUT2D eigenvalue weighted by Crippen LogP contribution is 2.44. The zero-order valence-corrected chi connectivity index (χ0v) is 43.0. The van der Waals surface area contributed by atoms with Crippen LogP contribution in [0.1, 0.15) is 56.5 Å². The number of alkyl carbamates (subject to hydrolysis) is 1. The van der Waals surface area contributed by atoms with Gasteiger partial charge in [-0.15, -0.1) is 0 Å². The molecule has 0 unspecified atom stereocenters. The topological polar surface area (TPSA) is 216 Å². The molecule has 3 aliphatic heterocycles. The van der Waals surface area contributed by atoms with E-state index in [1.54, 1.807) is 6.20 Å². The van der Waals surface area contributed by atoms with Crippen molar-refractivity contribution >= 4 is 29.8 Å². The van der Waals surface area contributed by atoms with E-state index in [4.69, 9.17) is 4.74 Å². The van der Waals surface area contributed by atoms with Crippen LogP contribution in [0.3, 0.4) is 0 Å². The predicted molar refractivity (Wildman–Crippen MR) is 260 cm³/mol. The number of halogens is 10. The lowest BCUT2D eigenvalue weighted by molar-refractivity contribution is -0.221. The number of anilines is 1. The molecule has 2 aromatic carbocycles. The van der Waals surface area contributed by atoms with Crippen LogP contribution in [0.15, 0.2) is 67.0 Å². The Balaban J connectivity index is 1.16. The summed E-state index contributed by atoms with van der Waals surface area (Å²) in [6.07, 6.45) is -14.3. The van der Waals surface area contributed by atoms with Gasteiger partial charge >= 0.3 is 31.1 Å². The van der Waals surface area contributed by atoms with E-state index in [2.05, 4.69) is 41.8 Å². The summed E-state index contributed by atoms with van der Waals surface area (Å²) in [5.41, 5.74) is -4.43. The van der Waals surface area contributed by atoms with Gasteiger partial charge in [0.05, 0.1) is 55.0 Å². The Labute approximate surface area is 445 Å². The van der Waals surface area contributed by atoms with E-state index in [0.717, 1.165) is 64.6 Å². The molecule has 3 aliphatic rings. The van der Waals surface area contributed by atoms with E-state index in [-0.39, 0.29) is 26.9 Å². The standard InChI is InChI=1S/C51H56F10N10O8/c1-47(2,50(56,57)58)40(65-46(77)78-5)42(73)63-37(16-29-9-6-28(7-10-29)8-11-30-12-13-39(62-19-30)69-26-49(27-69)24-68(25-49)32-22-79-23-32)38(72)21-70(67-43(74)41(64-45(75)76)48(3,4)51(59,60)61)20-33-34(52)17-31(18-35(33)53)36-14-15-71(66-36)44(54)55/h6-7,9-10,12-15,17-19,32,37-38,40-41,44,64,72H,16,20-27H2,1-5H3,(H,63,73)(H,65,77)(H,67,74)(H,75,76)/t37-,38-,40+,41+/m0/s1. The van der Waals surface area contributed by atoms with Crippen LogP contribution < -0.4 is 26.3 Å². The highest BCUT2D eigenvalue weighted by Gasteiger charge is 2.58. The minimum atomic E-state index is -5.28. The molecule has 1 spiro atoms. The number of aromatic nitrogens is 3. The maximum Gasteiger partial charge on any atom is 0.407 e. The van der Waals surface area contributed by atoms with Crippen molar-refractivity contribution < 1.29 is 82.8 Å². The monoisotopic (exact) mass is 1130 g/mol. The summed E-state index contributed by atoms with van der Waals surface area (Å²) in [5.74, 6) is 0.558. The van der Waals surface area contributed by atoms with Gasteiger partial charge in [-0.25, -0.2) is 33.0 Å². The largest absolute Gasteiger partial charge is 0.465 e. The molecule has 428 valence electrons. The lowest BCUT2D eigenvalue weighted by Gasteiger charge is -2.63.